The van der Waals surface area contributed by atoms with Gasteiger partial charge >= 0.3 is 0 Å². The van der Waals surface area contributed by atoms with Crippen LogP contribution in [-0.4, -0.2) is 12.1 Å². The van der Waals surface area contributed by atoms with E-state index in [1.807, 2.05) is 48.5 Å². The van der Waals surface area contributed by atoms with Crippen LogP contribution >= 0.6 is 11.6 Å². The third kappa shape index (κ3) is 4.77. The van der Waals surface area contributed by atoms with E-state index >= 15 is 0 Å². The Kier molecular flexibility index (Phi) is 6.23. The van der Waals surface area contributed by atoms with Crippen LogP contribution in [0.3, 0.4) is 0 Å². The van der Waals surface area contributed by atoms with E-state index < -0.39 is 0 Å². The SMILES string of the molecule is O=C(N/N=C/c1c2ccccc2cc2ccccc12)c1ccc(OCc2ccc(Cl)cc2)cc1. The minimum atomic E-state index is -0.287. The van der Waals surface area contributed by atoms with Gasteiger partial charge in [-0.05, 0) is 69.6 Å². The molecule has 0 aliphatic rings. The number of rotatable bonds is 6. The predicted octanol–water partition coefficient (Wildman–Crippen LogP) is 6.99. The number of nitrogens with zero attached hydrogens (tertiary/aromatic N) is 1. The van der Waals surface area contributed by atoms with Gasteiger partial charge < -0.3 is 4.74 Å². The quantitative estimate of drug-likeness (QED) is 0.167. The summed E-state index contributed by atoms with van der Waals surface area (Å²) < 4.78 is 5.78. The second-order valence-electron chi connectivity index (χ2n) is 7.87. The maximum absolute atomic E-state index is 12.6. The highest BCUT2D eigenvalue weighted by Gasteiger charge is 2.07. The van der Waals surface area contributed by atoms with Crippen LogP contribution in [0.2, 0.25) is 5.02 Å². The highest BCUT2D eigenvalue weighted by Crippen LogP contribution is 2.27. The standard InChI is InChI=1S/C29H21ClN2O2/c30-24-13-9-20(10-14-24)19-34-25-15-11-21(12-16-25)29(33)32-31-18-28-26-7-3-1-5-22(26)17-23-6-2-4-8-27(23)28/h1-18H,19H2,(H,32,33)/b31-18+. The second kappa shape index (κ2) is 9.77. The Labute approximate surface area is 202 Å². The molecule has 5 rings (SSSR count). The average Bonchev–Trinajstić information content (AvgIpc) is 2.88. The lowest BCUT2D eigenvalue weighted by molar-refractivity contribution is 0.0955. The van der Waals surface area contributed by atoms with Gasteiger partial charge in [-0.25, -0.2) is 5.43 Å². The van der Waals surface area contributed by atoms with Crippen LogP contribution in [0.25, 0.3) is 21.5 Å². The molecular weight excluding hydrogens is 444 g/mol. The Balaban J connectivity index is 1.28. The molecule has 0 atom stereocenters. The largest absolute Gasteiger partial charge is 0.489 e. The van der Waals surface area contributed by atoms with Crippen molar-refractivity contribution < 1.29 is 9.53 Å². The van der Waals surface area contributed by atoms with Gasteiger partial charge in [0, 0.05) is 16.1 Å². The zero-order chi connectivity index (χ0) is 23.3. The summed E-state index contributed by atoms with van der Waals surface area (Å²) >= 11 is 5.91. The predicted molar refractivity (Wildman–Crippen MR) is 139 cm³/mol. The van der Waals surface area contributed by atoms with Crippen molar-refractivity contribution >= 4 is 45.3 Å². The summed E-state index contributed by atoms with van der Waals surface area (Å²) in [4.78, 5) is 12.6. The molecular formula is C29H21ClN2O2. The molecule has 0 aromatic heterocycles. The van der Waals surface area contributed by atoms with Gasteiger partial charge in [-0.3, -0.25) is 4.79 Å². The van der Waals surface area contributed by atoms with Gasteiger partial charge in [0.1, 0.15) is 12.4 Å². The van der Waals surface area contributed by atoms with Crippen molar-refractivity contribution in [2.45, 2.75) is 6.61 Å². The third-order valence-corrected chi connectivity index (χ3v) is 5.86. The van der Waals surface area contributed by atoms with E-state index in [4.69, 9.17) is 16.3 Å². The van der Waals surface area contributed by atoms with Crippen LogP contribution in [-0.2, 0) is 6.61 Å². The number of nitrogens with one attached hydrogen (secondary N) is 1. The lowest BCUT2D eigenvalue weighted by atomic mass is 9.97. The Morgan fingerprint density at radius 2 is 1.44 bits per heavy atom. The Morgan fingerprint density at radius 3 is 2.09 bits per heavy atom. The number of hydrazone groups is 1. The number of fused-ring (bicyclic) bond motifs is 2. The molecule has 34 heavy (non-hydrogen) atoms. The molecule has 0 saturated heterocycles. The first-order valence-corrected chi connectivity index (χ1v) is 11.3. The molecule has 1 N–H and O–H groups in total. The molecule has 0 unspecified atom stereocenters. The van der Waals surface area contributed by atoms with Gasteiger partial charge in [-0.1, -0.05) is 72.3 Å². The highest BCUT2D eigenvalue weighted by molar-refractivity contribution is 6.30. The molecule has 0 fully saturated rings. The molecule has 5 aromatic rings. The van der Waals surface area contributed by atoms with Gasteiger partial charge in [0.15, 0.2) is 0 Å². The van der Waals surface area contributed by atoms with Gasteiger partial charge in [0.25, 0.3) is 5.91 Å². The Hall–Kier alpha value is -4.15. The summed E-state index contributed by atoms with van der Waals surface area (Å²) in [6.45, 7) is 0.423. The summed E-state index contributed by atoms with van der Waals surface area (Å²) in [6, 6.07) is 33.0. The number of carbonyl (C=O) groups is 1. The molecule has 0 saturated carbocycles. The fourth-order valence-corrected chi connectivity index (χ4v) is 3.98. The van der Waals surface area contributed by atoms with Crippen LogP contribution in [0.5, 0.6) is 5.75 Å². The van der Waals surface area contributed by atoms with Crippen LogP contribution < -0.4 is 10.2 Å². The number of halogens is 1. The summed E-state index contributed by atoms with van der Waals surface area (Å²) in [5.41, 5.74) is 5.12. The van der Waals surface area contributed by atoms with Crippen molar-refractivity contribution in [1.29, 1.82) is 0 Å². The van der Waals surface area contributed by atoms with E-state index in [-0.39, 0.29) is 5.91 Å². The zero-order valence-corrected chi connectivity index (χ0v) is 19.0. The fraction of sp³-hybridized carbons (Fsp3) is 0.0345. The van der Waals surface area contributed by atoms with Crippen LogP contribution in [0.4, 0.5) is 0 Å². The minimum Gasteiger partial charge on any atom is -0.489 e. The second-order valence-corrected chi connectivity index (χ2v) is 8.31. The molecule has 5 heteroatoms. The summed E-state index contributed by atoms with van der Waals surface area (Å²) in [6.07, 6.45) is 1.71. The number of amides is 1. The molecule has 1 amide bonds. The van der Waals surface area contributed by atoms with Crippen molar-refractivity contribution in [2.75, 3.05) is 0 Å². The molecule has 0 aliphatic carbocycles. The molecule has 166 valence electrons. The van der Waals surface area contributed by atoms with E-state index in [2.05, 4.69) is 40.9 Å². The van der Waals surface area contributed by atoms with E-state index in [0.29, 0.717) is 22.9 Å². The monoisotopic (exact) mass is 464 g/mol. The Morgan fingerprint density at radius 1 is 0.824 bits per heavy atom. The summed E-state index contributed by atoms with van der Waals surface area (Å²) in [5, 5.41) is 9.37. The van der Waals surface area contributed by atoms with Crippen LogP contribution in [0.1, 0.15) is 21.5 Å². The van der Waals surface area contributed by atoms with Gasteiger partial charge in [-0.2, -0.15) is 5.10 Å². The molecule has 0 radical (unpaired) electrons. The first kappa shape index (κ1) is 21.7. The van der Waals surface area contributed by atoms with Crippen LogP contribution in [0.15, 0.2) is 108 Å². The molecule has 0 aliphatic heterocycles. The van der Waals surface area contributed by atoms with Crippen molar-refractivity contribution in [3.05, 3.63) is 125 Å². The molecule has 0 heterocycles. The normalized spacial score (nSPS) is 11.2. The first-order valence-electron chi connectivity index (χ1n) is 10.9. The number of benzene rings is 5. The minimum absolute atomic E-state index is 0.287. The first-order chi connectivity index (χ1) is 16.7. The van der Waals surface area contributed by atoms with Crippen molar-refractivity contribution in [2.24, 2.45) is 5.10 Å². The smallest absolute Gasteiger partial charge is 0.271 e. The van der Waals surface area contributed by atoms with Crippen molar-refractivity contribution in [3.8, 4) is 5.75 Å². The highest BCUT2D eigenvalue weighted by atomic mass is 35.5. The third-order valence-electron chi connectivity index (χ3n) is 5.61. The lowest BCUT2D eigenvalue weighted by Gasteiger charge is -2.08. The van der Waals surface area contributed by atoms with Crippen LogP contribution in [0, 0.1) is 0 Å². The lowest BCUT2D eigenvalue weighted by Crippen LogP contribution is -2.17. The zero-order valence-electron chi connectivity index (χ0n) is 18.2. The van der Waals surface area contributed by atoms with Gasteiger partial charge in [-0.15, -0.1) is 0 Å². The number of hydrogen-bond donors (Lipinski definition) is 1. The van der Waals surface area contributed by atoms with Crippen molar-refractivity contribution in [1.82, 2.24) is 5.43 Å². The summed E-state index contributed by atoms with van der Waals surface area (Å²) in [7, 11) is 0. The average molecular weight is 465 g/mol. The maximum Gasteiger partial charge on any atom is 0.271 e. The number of ether oxygens (including phenoxy) is 1. The Bertz CT molecular complexity index is 1440. The van der Waals surface area contributed by atoms with Gasteiger partial charge in [0.05, 0.1) is 6.21 Å². The van der Waals surface area contributed by atoms with Gasteiger partial charge in [0.2, 0.25) is 0 Å². The molecule has 0 spiro atoms. The maximum atomic E-state index is 12.6. The molecule has 5 aromatic carbocycles. The van der Waals surface area contributed by atoms with E-state index in [9.17, 15) is 4.79 Å². The number of hydrogen-bond acceptors (Lipinski definition) is 3. The van der Waals surface area contributed by atoms with E-state index in [1.54, 1.807) is 30.5 Å². The fourth-order valence-electron chi connectivity index (χ4n) is 3.86. The topological polar surface area (TPSA) is 50.7 Å². The summed E-state index contributed by atoms with van der Waals surface area (Å²) in [5.74, 6) is 0.391. The molecule has 0 bridgehead atoms. The number of carbonyl (C=O) groups excluding carboxylic acids is 1. The van der Waals surface area contributed by atoms with E-state index in [0.717, 1.165) is 32.7 Å². The van der Waals surface area contributed by atoms with Crippen molar-refractivity contribution in [3.63, 3.8) is 0 Å². The molecule has 4 nitrogen and oxygen atoms in total. The van der Waals surface area contributed by atoms with E-state index in [1.165, 1.54) is 0 Å².